The maximum absolute atomic E-state index is 5.74. The van der Waals surface area contributed by atoms with Crippen molar-refractivity contribution in [1.29, 1.82) is 0 Å². The summed E-state index contributed by atoms with van der Waals surface area (Å²) in [6.07, 6.45) is 3.66. The molecule has 0 amide bonds. The van der Waals surface area contributed by atoms with Crippen LogP contribution in [-0.4, -0.2) is 47.1 Å². The summed E-state index contributed by atoms with van der Waals surface area (Å²) in [6, 6.07) is 10.6. The summed E-state index contributed by atoms with van der Waals surface area (Å²) in [7, 11) is 4.16. The zero-order valence-electron chi connectivity index (χ0n) is 15.8. The second kappa shape index (κ2) is 8.92. The lowest BCUT2D eigenvalue weighted by atomic mass is 10.1. The van der Waals surface area contributed by atoms with E-state index < -0.39 is 0 Å². The number of hydrogen-bond acceptors (Lipinski definition) is 3. The second-order valence-electron chi connectivity index (χ2n) is 6.68. The first kappa shape index (κ1) is 19.3. The van der Waals surface area contributed by atoms with Crippen molar-refractivity contribution in [3.05, 3.63) is 59.4 Å². The lowest BCUT2D eigenvalue weighted by Crippen LogP contribution is -2.40. The first-order valence-corrected chi connectivity index (χ1v) is 8.99. The van der Waals surface area contributed by atoms with Gasteiger partial charge in [-0.3, -0.25) is 4.98 Å². The van der Waals surface area contributed by atoms with E-state index in [0.717, 1.165) is 23.9 Å². The van der Waals surface area contributed by atoms with Crippen molar-refractivity contribution in [2.24, 2.45) is 0 Å². The summed E-state index contributed by atoms with van der Waals surface area (Å²) >= 11 is 5.74. The van der Waals surface area contributed by atoms with Gasteiger partial charge in [-0.1, -0.05) is 6.07 Å². The van der Waals surface area contributed by atoms with Crippen LogP contribution in [0.5, 0.6) is 0 Å². The van der Waals surface area contributed by atoms with Gasteiger partial charge in [-0.25, -0.2) is 0 Å². The molecule has 5 heteroatoms. The largest absolute Gasteiger partial charge is 0.341 e. The minimum atomic E-state index is 0.175. The lowest BCUT2D eigenvalue weighted by Gasteiger charge is -2.33. The maximum Gasteiger partial charge on any atom is 0.173 e. The maximum atomic E-state index is 5.74. The summed E-state index contributed by atoms with van der Waals surface area (Å²) in [5.74, 6) is 0. The average molecular weight is 357 g/mol. The van der Waals surface area contributed by atoms with Crippen LogP contribution in [0.15, 0.2) is 42.7 Å². The number of hydrogen-bond donors (Lipinski definition) is 1. The Morgan fingerprint density at radius 3 is 2.36 bits per heavy atom. The van der Waals surface area contributed by atoms with E-state index in [2.05, 4.69) is 73.2 Å². The molecule has 0 bridgehead atoms. The van der Waals surface area contributed by atoms with Gasteiger partial charge in [0.15, 0.2) is 5.11 Å². The van der Waals surface area contributed by atoms with Gasteiger partial charge in [0, 0.05) is 31.2 Å². The number of thiocarbonyl (C=S) groups is 1. The summed E-state index contributed by atoms with van der Waals surface area (Å²) in [5.41, 5.74) is 4.78. The molecule has 4 nitrogen and oxygen atoms in total. The van der Waals surface area contributed by atoms with Crippen molar-refractivity contribution in [3.63, 3.8) is 0 Å². The Morgan fingerprint density at radius 2 is 1.76 bits per heavy atom. The van der Waals surface area contributed by atoms with Crippen LogP contribution in [0.25, 0.3) is 0 Å². The molecule has 1 atom stereocenters. The molecule has 0 radical (unpaired) electrons. The van der Waals surface area contributed by atoms with E-state index in [1.165, 1.54) is 16.7 Å². The van der Waals surface area contributed by atoms with E-state index in [0.29, 0.717) is 0 Å². The number of aryl methyl sites for hydroxylation is 2. The molecular formula is C20H28N4S. The number of likely N-dealkylation sites (N-methyl/N-ethyl adjacent to an activating group) is 1. The van der Waals surface area contributed by atoms with Crippen molar-refractivity contribution in [2.75, 3.05) is 32.5 Å². The molecule has 2 aromatic rings. The summed E-state index contributed by atoms with van der Waals surface area (Å²) < 4.78 is 0. The minimum Gasteiger partial charge on any atom is -0.341 e. The van der Waals surface area contributed by atoms with Gasteiger partial charge < -0.3 is 15.1 Å². The highest BCUT2D eigenvalue weighted by Gasteiger charge is 2.19. The SMILES string of the molecule is Cc1ccc(NC(=S)N(CCN(C)C)[C@@H](C)c2ccncc2)cc1C. The Morgan fingerprint density at radius 1 is 1.08 bits per heavy atom. The van der Waals surface area contributed by atoms with Crippen LogP contribution >= 0.6 is 12.2 Å². The predicted molar refractivity (Wildman–Crippen MR) is 110 cm³/mol. The topological polar surface area (TPSA) is 31.4 Å². The molecule has 0 aliphatic rings. The lowest BCUT2D eigenvalue weighted by molar-refractivity contribution is 0.289. The van der Waals surface area contributed by atoms with Gasteiger partial charge >= 0.3 is 0 Å². The Bertz CT molecular complexity index is 700. The number of benzene rings is 1. The average Bonchev–Trinajstić information content (AvgIpc) is 2.58. The number of nitrogens with zero attached hydrogens (tertiary/aromatic N) is 3. The predicted octanol–water partition coefficient (Wildman–Crippen LogP) is 4.02. The molecule has 1 aromatic heterocycles. The smallest absolute Gasteiger partial charge is 0.173 e. The van der Waals surface area contributed by atoms with Crippen molar-refractivity contribution in [1.82, 2.24) is 14.8 Å². The molecule has 0 aliphatic heterocycles. The third-order valence-corrected chi connectivity index (χ3v) is 4.80. The van der Waals surface area contributed by atoms with Gasteiger partial charge in [0.05, 0.1) is 6.04 Å². The Balaban J connectivity index is 2.18. The van der Waals surface area contributed by atoms with Crippen LogP contribution in [0.1, 0.15) is 29.7 Å². The molecule has 1 aromatic carbocycles. The molecular weight excluding hydrogens is 328 g/mol. The molecule has 0 fully saturated rings. The Hall–Kier alpha value is -1.98. The second-order valence-corrected chi connectivity index (χ2v) is 7.07. The van der Waals surface area contributed by atoms with E-state index in [4.69, 9.17) is 12.2 Å². The third-order valence-electron chi connectivity index (χ3n) is 4.46. The molecule has 0 saturated heterocycles. The van der Waals surface area contributed by atoms with Gasteiger partial charge in [-0.2, -0.15) is 0 Å². The van der Waals surface area contributed by atoms with E-state index in [-0.39, 0.29) is 6.04 Å². The summed E-state index contributed by atoms with van der Waals surface area (Å²) in [4.78, 5) is 8.52. The quantitative estimate of drug-likeness (QED) is 0.790. The fraction of sp³-hybridized carbons (Fsp3) is 0.400. The monoisotopic (exact) mass is 356 g/mol. The minimum absolute atomic E-state index is 0.175. The zero-order chi connectivity index (χ0) is 18.4. The van der Waals surface area contributed by atoms with Gasteiger partial charge in [-0.15, -0.1) is 0 Å². The number of rotatable bonds is 6. The highest BCUT2D eigenvalue weighted by molar-refractivity contribution is 7.80. The molecule has 1 N–H and O–H groups in total. The molecule has 0 saturated carbocycles. The number of nitrogens with one attached hydrogen (secondary N) is 1. The number of aromatic nitrogens is 1. The Labute approximate surface area is 156 Å². The molecule has 0 unspecified atom stereocenters. The van der Waals surface area contributed by atoms with E-state index in [1.807, 2.05) is 24.5 Å². The van der Waals surface area contributed by atoms with Gasteiger partial charge in [0.2, 0.25) is 0 Å². The van der Waals surface area contributed by atoms with Gasteiger partial charge in [-0.05, 0) is 88.0 Å². The standard InChI is InChI=1S/C20H28N4S/c1-15-6-7-19(14-16(15)2)22-20(25)24(13-12-23(4)5)17(3)18-8-10-21-11-9-18/h6-11,14,17H,12-13H2,1-5H3,(H,22,25)/t17-/m0/s1. The highest BCUT2D eigenvalue weighted by Crippen LogP contribution is 2.21. The summed E-state index contributed by atoms with van der Waals surface area (Å²) in [5, 5.41) is 4.15. The van der Waals surface area contributed by atoms with E-state index in [9.17, 15) is 0 Å². The highest BCUT2D eigenvalue weighted by atomic mass is 32.1. The van der Waals surface area contributed by atoms with Crippen molar-refractivity contribution < 1.29 is 0 Å². The fourth-order valence-electron chi connectivity index (χ4n) is 2.62. The van der Waals surface area contributed by atoms with Gasteiger partial charge in [0.1, 0.15) is 0 Å². The van der Waals surface area contributed by atoms with Crippen LogP contribution in [-0.2, 0) is 0 Å². The van der Waals surface area contributed by atoms with Crippen molar-refractivity contribution >= 4 is 23.0 Å². The molecule has 1 heterocycles. The first-order valence-electron chi connectivity index (χ1n) is 8.58. The fourth-order valence-corrected chi connectivity index (χ4v) is 2.98. The third kappa shape index (κ3) is 5.51. The number of pyridine rings is 1. The number of anilines is 1. The molecule has 0 aliphatic carbocycles. The van der Waals surface area contributed by atoms with E-state index in [1.54, 1.807) is 0 Å². The Kier molecular flexibility index (Phi) is 6.91. The van der Waals surface area contributed by atoms with Crippen LogP contribution in [0, 0.1) is 13.8 Å². The zero-order valence-corrected chi connectivity index (χ0v) is 16.6. The van der Waals surface area contributed by atoms with Crippen molar-refractivity contribution in [2.45, 2.75) is 26.8 Å². The molecule has 2 rings (SSSR count). The van der Waals surface area contributed by atoms with Crippen LogP contribution < -0.4 is 5.32 Å². The van der Waals surface area contributed by atoms with Crippen molar-refractivity contribution in [3.8, 4) is 0 Å². The van der Waals surface area contributed by atoms with Crippen LogP contribution in [0.2, 0.25) is 0 Å². The van der Waals surface area contributed by atoms with Gasteiger partial charge in [0.25, 0.3) is 0 Å². The van der Waals surface area contributed by atoms with E-state index >= 15 is 0 Å². The molecule has 0 spiro atoms. The normalized spacial score (nSPS) is 12.1. The summed E-state index contributed by atoms with van der Waals surface area (Å²) in [6.45, 7) is 8.20. The first-order chi connectivity index (χ1) is 11.9. The molecule has 134 valence electrons. The molecule has 25 heavy (non-hydrogen) atoms. The van der Waals surface area contributed by atoms with Crippen LogP contribution in [0.3, 0.4) is 0 Å². The van der Waals surface area contributed by atoms with Crippen LogP contribution in [0.4, 0.5) is 5.69 Å².